The number of carbonyl (C=O) groups excluding carboxylic acids is 2. The average Bonchev–Trinajstić information content (AvgIpc) is 3.01. The van der Waals surface area contributed by atoms with E-state index in [0.29, 0.717) is 16.9 Å². The van der Waals surface area contributed by atoms with Crippen LogP contribution in [0.15, 0.2) is 23.2 Å². The van der Waals surface area contributed by atoms with Crippen LogP contribution in [0.25, 0.3) is 0 Å². The molecule has 0 saturated carbocycles. The van der Waals surface area contributed by atoms with E-state index in [-0.39, 0.29) is 19.1 Å². The van der Waals surface area contributed by atoms with Crippen LogP contribution in [0.3, 0.4) is 0 Å². The monoisotopic (exact) mass is 399 g/mol. The maximum atomic E-state index is 11.5. The first kappa shape index (κ1) is 20.8. The topological polar surface area (TPSA) is 118 Å². The number of ether oxygens (including phenoxy) is 3. The van der Waals surface area contributed by atoms with Gasteiger partial charge in [-0.25, -0.2) is 4.99 Å². The first-order chi connectivity index (χ1) is 12.6. The van der Waals surface area contributed by atoms with Crippen molar-refractivity contribution in [3.63, 3.8) is 0 Å². The van der Waals surface area contributed by atoms with Crippen molar-refractivity contribution in [2.45, 2.75) is 32.9 Å². The molecule has 0 saturated heterocycles. The molecule has 1 aliphatic rings. The third-order valence-electron chi connectivity index (χ3n) is 3.62. The molecule has 9 nitrogen and oxygen atoms in total. The lowest BCUT2D eigenvalue weighted by Gasteiger charge is -2.18. The highest BCUT2D eigenvalue weighted by molar-refractivity contribution is 7.86. The van der Waals surface area contributed by atoms with Gasteiger partial charge < -0.3 is 14.2 Å². The average molecular weight is 399 g/mol. The normalized spacial score (nSPS) is 17.6. The maximum absolute atomic E-state index is 11.5. The Balaban J connectivity index is 2.27. The van der Waals surface area contributed by atoms with Crippen LogP contribution in [0.2, 0.25) is 0 Å². The zero-order valence-corrected chi connectivity index (χ0v) is 16.2. The smallest absolute Gasteiger partial charge is 0.308 e. The van der Waals surface area contributed by atoms with Gasteiger partial charge in [-0.05, 0) is 19.1 Å². The van der Waals surface area contributed by atoms with E-state index in [4.69, 9.17) is 18.4 Å². The second-order valence-corrected chi connectivity index (χ2v) is 7.58. The summed E-state index contributed by atoms with van der Waals surface area (Å²) in [4.78, 5) is 26.6. The van der Waals surface area contributed by atoms with Gasteiger partial charge in [0.1, 0.15) is 31.1 Å². The predicted molar refractivity (Wildman–Crippen MR) is 95.1 cm³/mol. The Labute approximate surface area is 157 Å². The van der Waals surface area contributed by atoms with Gasteiger partial charge in [-0.15, -0.1) is 0 Å². The Bertz CT molecular complexity index is 862. The Hall–Kier alpha value is -2.46. The molecule has 1 aliphatic heterocycles. The fraction of sp³-hybridized carbons (Fsp3) is 0.471. The number of hydrogen-bond donors (Lipinski definition) is 0. The number of benzene rings is 1. The van der Waals surface area contributed by atoms with Crippen LogP contribution in [-0.2, 0) is 33.4 Å². The minimum Gasteiger partial charge on any atom is -0.475 e. The Morgan fingerprint density at radius 1 is 1.30 bits per heavy atom. The summed E-state index contributed by atoms with van der Waals surface area (Å²) in [6.07, 6.45) is -0.112. The molecular formula is C17H21NO8S. The molecule has 0 spiro atoms. The van der Waals surface area contributed by atoms with Crippen molar-refractivity contribution in [2.24, 2.45) is 4.99 Å². The van der Waals surface area contributed by atoms with Crippen molar-refractivity contribution in [2.75, 3.05) is 19.5 Å². The summed E-state index contributed by atoms with van der Waals surface area (Å²) in [7, 11) is -3.79. The van der Waals surface area contributed by atoms with Crippen molar-refractivity contribution >= 4 is 28.0 Å². The van der Waals surface area contributed by atoms with E-state index in [0.717, 1.165) is 6.26 Å². The molecule has 1 aromatic rings. The molecule has 2 unspecified atom stereocenters. The molecule has 27 heavy (non-hydrogen) atoms. The second kappa shape index (κ2) is 8.49. The third kappa shape index (κ3) is 6.04. The first-order valence-electron chi connectivity index (χ1n) is 8.07. The van der Waals surface area contributed by atoms with Crippen molar-refractivity contribution in [1.29, 1.82) is 0 Å². The van der Waals surface area contributed by atoms with Gasteiger partial charge in [-0.2, -0.15) is 8.42 Å². The van der Waals surface area contributed by atoms with Gasteiger partial charge in [0, 0.05) is 25.0 Å². The lowest BCUT2D eigenvalue weighted by Crippen LogP contribution is -2.35. The number of hydrogen-bond acceptors (Lipinski definition) is 9. The highest BCUT2D eigenvalue weighted by Crippen LogP contribution is 2.25. The summed E-state index contributed by atoms with van der Waals surface area (Å²) in [5.41, 5.74) is 1.24. The van der Waals surface area contributed by atoms with E-state index in [1.54, 1.807) is 25.1 Å². The highest BCUT2D eigenvalue weighted by Gasteiger charge is 2.33. The molecule has 0 aliphatic carbocycles. The van der Waals surface area contributed by atoms with E-state index in [1.165, 1.54) is 13.8 Å². The number of nitrogens with zero attached hydrogens (tertiary/aromatic N) is 1. The number of carbonyl (C=O) groups is 2. The van der Waals surface area contributed by atoms with Crippen LogP contribution < -0.4 is 4.74 Å². The molecule has 148 valence electrons. The predicted octanol–water partition coefficient (Wildman–Crippen LogP) is 0.974. The molecule has 0 bridgehead atoms. The second-order valence-electron chi connectivity index (χ2n) is 5.98. The van der Waals surface area contributed by atoms with E-state index in [1.807, 2.05) is 0 Å². The molecular weight excluding hydrogens is 378 g/mol. The summed E-state index contributed by atoms with van der Waals surface area (Å²) < 4.78 is 43.6. The number of esters is 2. The summed E-state index contributed by atoms with van der Waals surface area (Å²) in [6, 6.07) is 4.38. The molecule has 0 N–H and O–H groups in total. The fourth-order valence-corrected chi connectivity index (χ4v) is 3.10. The Kier molecular flexibility index (Phi) is 6.55. The lowest BCUT2D eigenvalue weighted by atomic mass is 10.1. The Morgan fingerprint density at radius 3 is 2.59 bits per heavy atom. The van der Waals surface area contributed by atoms with Gasteiger partial charge in [0.25, 0.3) is 10.1 Å². The first-order valence-corrected chi connectivity index (χ1v) is 9.89. The quantitative estimate of drug-likeness (QED) is 0.378. The van der Waals surface area contributed by atoms with Crippen LogP contribution in [0.1, 0.15) is 25.0 Å². The van der Waals surface area contributed by atoms with Crippen molar-refractivity contribution in [3.8, 4) is 5.75 Å². The van der Waals surface area contributed by atoms with Crippen LogP contribution in [0.5, 0.6) is 5.75 Å². The SMILES string of the molecule is CC(=O)OCC(OS(C)(=O)=O)C1COC(c2cccc(OC(C)=O)c2C)=N1. The van der Waals surface area contributed by atoms with Crippen LogP contribution in [0.4, 0.5) is 0 Å². The molecule has 10 heteroatoms. The third-order valence-corrected chi connectivity index (χ3v) is 4.22. The van der Waals surface area contributed by atoms with E-state index in [9.17, 15) is 18.0 Å². The largest absolute Gasteiger partial charge is 0.475 e. The van der Waals surface area contributed by atoms with Gasteiger partial charge in [0.05, 0.1) is 6.26 Å². The zero-order chi connectivity index (χ0) is 20.2. The number of rotatable bonds is 7. The molecule has 0 aromatic heterocycles. The minimum atomic E-state index is -3.79. The van der Waals surface area contributed by atoms with Crippen LogP contribution >= 0.6 is 0 Å². The molecule has 1 aromatic carbocycles. The summed E-state index contributed by atoms with van der Waals surface area (Å²) >= 11 is 0. The van der Waals surface area contributed by atoms with Gasteiger partial charge in [0.2, 0.25) is 5.90 Å². The van der Waals surface area contributed by atoms with E-state index < -0.39 is 34.2 Å². The van der Waals surface area contributed by atoms with Crippen molar-refractivity contribution in [1.82, 2.24) is 0 Å². The van der Waals surface area contributed by atoms with E-state index in [2.05, 4.69) is 4.99 Å². The standard InChI is InChI=1S/C17H21NO8S/c1-10-13(6-5-7-15(10)25-12(3)20)17-18-14(8-24-17)16(9-23-11(2)19)26-27(4,21)22/h5-7,14,16H,8-9H2,1-4H3. The van der Waals surface area contributed by atoms with Crippen molar-refractivity contribution < 1.29 is 36.4 Å². The van der Waals surface area contributed by atoms with Crippen molar-refractivity contribution in [3.05, 3.63) is 29.3 Å². The van der Waals surface area contributed by atoms with Gasteiger partial charge >= 0.3 is 11.9 Å². The molecule has 1 heterocycles. The maximum Gasteiger partial charge on any atom is 0.308 e. The Morgan fingerprint density at radius 2 is 2.00 bits per heavy atom. The van der Waals surface area contributed by atoms with Crippen LogP contribution in [-0.4, -0.2) is 57.9 Å². The van der Waals surface area contributed by atoms with Gasteiger partial charge in [0.15, 0.2) is 0 Å². The molecule has 0 radical (unpaired) electrons. The molecule has 2 rings (SSSR count). The summed E-state index contributed by atoms with van der Waals surface area (Å²) in [5, 5.41) is 0. The fourth-order valence-electron chi connectivity index (χ4n) is 2.47. The molecule has 0 amide bonds. The molecule has 2 atom stereocenters. The summed E-state index contributed by atoms with van der Waals surface area (Å²) in [6.45, 7) is 4.03. The van der Waals surface area contributed by atoms with Gasteiger partial charge in [-0.1, -0.05) is 6.07 Å². The van der Waals surface area contributed by atoms with Crippen LogP contribution in [0, 0.1) is 6.92 Å². The van der Waals surface area contributed by atoms with E-state index >= 15 is 0 Å². The van der Waals surface area contributed by atoms with Gasteiger partial charge in [-0.3, -0.25) is 13.8 Å². The number of aliphatic imine (C=N–C) groups is 1. The lowest BCUT2D eigenvalue weighted by molar-refractivity contribution is -0.143. The zero-order valence-electron chi connectivity index (χ0n) is 15.4. The minimum absolute atomic E-state index is 0.0496. The highest BCUT2D eigenvalue weighted by atomic mass is 32.2. The summed E-state index contributed by atoms with van der Waals surface area (Å²) in [5.74, 6) is -0.384. The molecule has 0 fully saturated rings.